The molecule has 0 N–H and O–H groups in total. The monoisotopic (exact) mass is 214 g/mol. The molecule has 0 spiro atoms. The summed E-state index contributed by atoms with van der Waals surface area (Å²) in [5.74, 6) is 0. The first-order chi connectivity index (χ1) is 2.91. The van der Waals surface area contributed by atoms with E-state index < -0.39 is 0 Å². The predicted octanol–water partition coefficient (Wildman–Crippen LogP) is 3.25. The van der Waals surface area contributed by atoms with Gasteiger partial charge in [-0.15, -0.1) is 0 Å². The second kappa shape index (κ2) is 9.88. The highest BCUT2D eigenvalue weighted by Gasteiger charge is 1.76. The van der Waals surface area contributed by atoms with Gasteiger partial charge in [0.2, 0.25) is 0 Å². The lowest BCUT2D eigenvalue weighted by molar-refractivity contribution is 0.785. The van der Waals surface area contributed by atoms with Crippen molar-refractivity contribution in [3.8, 4) is 0 Å². The fourth-order valence-electron chi connectivity index (χ4n) is 0.344. The van der Waals surface area contributed by atoms with E-state index in [1.807, 2.05) is 0 Å². The lowest BCUT2D eigenvalue weighted by Crippen LogP contribution is -1.70. The number of hydrogen-bond donors (Lipinski definition) is 0. The van der Waals surface area contributed by atoms with Crippen LogP contribution in [0.15, 0.2) is 0 Å². The Bertz CT molecular complexity index is 16.1. The van der Waals surface area contributed by atoms with Crippen LogP contribution in [0.4, 0.5) is 0 Å². The molecular formula is C6H15I. The average Bonchev–Trinajstić information content (AvgIpc) is 1.61. The van der Waals surface area contributed by atoms with Gasteiger partial charge in [0, 0.05) is 0 Å². The Balaban J connectivity index is 0. The Kier molecular flexibility index (Phi) is 15.0. The molecule has 0 saturated carbocycles. The summed E-state index contributed by atoms with van der Waals surface area (Å²) in [6, 6.07) is 0. The van der Waals surface area contributed by atoms with Gasteiger partial charge in [-0.05, 0) is 10.8 Å². The van der Waals surface area contributed by atoms with E-state index in [-0.39, 0.29) is 7.43 Å². The first kappa shape index (κ1) is 10.7. The predicted molar refractivity (Wildman–Crippen MR) is 45.1 cm³/mol. The van der Waals surface area contributed by atoms with Gasteiger partial charge in [-0.1, -0.05) is 49.8 Å². The van der Waals surface area contributed by atoms with Gasteiger partial charge >= 0.3 is 0 Å². The quantitative estimate of drug-likeness (QED) is 0.384. The van der Waals surface area contributed by atoms with E-state index in [0.29, 0.717) is 0 Å². The minimum Gasteiger partial charge on any atom is -0.0864 e. The zero-order valence-corrected chi connectivity index (χ0v) is 6.36. The number of unbranched alkanes of at least 4 members (excludes halogenated alkanes) is 2. The Morgan fingerprint density at radius 3 is 2.00 bits per heavy atom. The standard InChI is InChI=1S/C5H11I.CH4/c1-2-3-4-5-6;/h2-5H2,1H3;1H4. The van der Waals surface area contributed by atoms with E-state index in [1.54, 1.807) is 0 Å². The Hall–Kier alpha value is 0.730. The molecule has 0 unspecified atom stereocenters. The lowest BCUT2D eigenvalue weighted by atomic mass is 10.3. The second-order valence-corrected chi connectivity index (χ2v) is 2.47. The molecule has 0 rings (SSSR count). The van der Waals surface area contributed by atoms with Crippen LogP contribution in [-0.2, 0) is 0 Å². The summed E-state index contributed by atoms with van der Waals surface area (Å²) < 4.78 is 1.32. The molecule has 1 heteroatoms. The number of alkyl halides is 1. The summed E-state index contributed by atoms with van der Waals surface area (Å²) in [4.78, 5) is 0. The van der Waals surface area contributed by atoms with Crippen molar-refractivity contribution < 1.29 is 0 Å². The summed E-state index contributed by atoms with van der Waals surface area (Å²) in [7, 11) is 0. The molecule has 0 aliphatic heterocycles. The van der Waals surface area contributed by atoms with Crippen LogP contribution in [0, 0.1) is 0 Å². The largest absolute Gasteiger partial charge is 0.0864 e. The van der Waals surface area contributed by atoms with Gasteiger partial charge < -0.3 is 0 Å². The number of hydrogen-bond acceptors (Lipinski definition) is 0. The number of halogens is 1. The molecule has 0 aliphatic carbocycles. The molecule has 46 valence electrons. The van der Waals surface area contributed by atoms with Crippen molar-refractivity contribution in [1.29, 1.82) is 0 Å². The van der Waals surface area contributed by atoms with Gasteiger partial charge in [0.05, 0.1) is 0 Å². The van der Waals surface area contributed by atoms with Crippen molar-refractivity contribution in [3.63, 3.8) is 0 Å². The molecule has 0 bridgehead atoms. The average molecular weight is 214 g/mol. The van der Waals surface area contributed by atoms with Gasteiger partial charge in [0.1, 0.15) is 0 Å². The van der Waals surface area contributed by atoms with E-state index >= 15 is 0 Å². The van der Waals surface area contributed by atoms with Gasteiger partial charge in [-0.3, -0.25) is 0 Å². The fourth-order valence-corrected chi connectivity index (χ4v) is 0.884. The molecule has 0 radical (unpaired) electrons. The normalized spacial score (nSPS) is 7.71. The van der Waals surface area contributed by atoms with E-state index in [4.69, 9.17) is 0 Å². The fraction of sp³-hybridized carbons (Fsp3) is 1.00. The molecule has 0 aromatic carbocycles. The molecule has 0 nitrogen and oxygen atoms in total. The highest BCUT2D eigenvalue weighted by Crippen LogP contribution is 1.96. The van der Waals surface area contributed by atoms with Crippen LogP contribution in [0.3, 0.4) is 0 Å². The Morgan fingerprint density at radius 1 is 1.29 bits per heavy atom. The molecule has 0 aromatic rings. The SMILES string of the molecule is C.CCCCCI. The maximum atomic E-state index is 2.41. The first-order valence-corrected chi connectivity index (χ1v) is 4.00. The summed E-state index contributed by atoms with van der Waals surface area (Å²) in [6.07, 6.45) is 4.16. The molecular weight excluding hydrogens is 199 g/mol. The van der Waals surface area contributed by atoms with Crippen molar-refractivity contribution in [2.75, 3.05) is 4.43 Å². The minimum atomic E-state index is 0. The maximum Gasteiger partial charge on any atom is -0.000473 e. The Labute approximate surface area is 60.8 Å². The van der Waals surface area contributed by atoms with Gasteiger partial charge in [0.25, 0.3) is 0 Å². The third-order valence-electron chi connectivity index (χ3n) is 0.737. The van der Waals surface area contributed by atoms with Crippen molar-refractivity contribution in [2.24, 2.45) is 0 Å². The summed E-state index contributed by atoms with van der Waals surface area (Å²) in [6.45, 7) is 2.23. The highest BCUT2D eigenvalue weighted by atomic mass is 127. The smallest absolute Gasteiger partial charge is 0.000473 e. The molecule has 7 heavy (non-hydrogen) atoms. The maximum absolute atomic E-state index is 2.41. The summed E-state index contributed by atoms with van der Waals surface area (Å²) in [5.41, 5.74) is 0. The van der Waals surface area contributed by atoms with Crippen molar-refractivity contribution in [3.05, 3.63) is 0 Å². The molecule has 0 atom stereocenters. The first-order valence-electron chi connectivity index (χ1n) is 2.47. The van der Waals surface area contributed by atoms with Crippen molar-refractivity contribution in [1.82, 2.24) is 0 Å². The third kappa shape index (κ3) is 10.8. The summed E-state index contributed by atoms with van der Waals surface area (Å²) in [5, 5.41) is 0. The second-order valence-electron chi connectivity index (χ2n) is 1.40. The third-order valence-corrected chi connectivity index (χ3v) is 1.50. The zero-order chi connectivity index (χ0) is 4.83. The molecule has 0 heterocycles. The van der Waals surface area contributed by atoms with Crippen LogP contribution in [0.2, 0.25) is 0 Å². The van der Waals surface area contributed by atoms with Crippen LogP contribution >= 0.6 is 22.6 Å². The van der Waals surface area contributed by atoms with Gasteiger partial charge in [0.15, 0.2) is 0 Å². The zero-order valence-electron chi connectivity index (χ0n) is 4.21. The van der Waals surface area contributed by atoms with Crippen LogP contribution in [-0.4, -0.2) is 4.43 Å². The molecule has 0 amide bonds. The molecule has 0 aromatic heterocycles. The van der Waals surface area contributed by atoms with E-state index in [2.05, 4.69) is 29.5 Å². The van der Waals surface area contributed by atoms with Crippen LogP contribution in [0.25, 0.3) is 0 Å². The topological polar surface area (TPSA) is 0 Å². The van der Waals surface area contributed by atoms with Crippen molar-refractivity contribution >= 4 is 22.6 Å². The van der Waals surface area contributed by atoms with E-state index in [0.717, 1.165) is 0 Å². The molecule has 0 saturated heterocycles. The van der Waals surface area contributed by atoms with Gasteiger partial charge in [-0.2, -0.15) is 0 Å². The molecule has 0 fully saturated rings. The Morgan fingerprint density at radius 2 is 1.86 bits per heavy atom. The lowest BCUT2D eigenvalue weighted by Gasteiger charge is -1.85. The summed E-state index contributed by atoms with van der Waals surface area (Å²) >= 11 is 2.41. The highest BCUT2D eigenvalue weighted by molar-refractivity contribution is 14.1. The van der Waals surface area contributed by atoms with E-state index in [9.17, 15) is 0 Å². The van der Waals surface area contributed by atoms with Gasteiger partial charge in [-0.25, -0.2) is 0 Å². The van der Waals surface area contributed by atoms with Crippen molar-refractivity contribution in [2.45, 2.75) is 33.6 Å². The molecule has 0 aliphatic rings. The number of rotatable bonds is 3. The van der Waals surface area contributed by atoms with Crippen LogP contribution in [0.1, 0.15) is 33.6 Å². The van der Waals surface area contributed by atoms with Crippen LogP contribution in [0.5, 0.6) is 0 Å². The minimum absolute atomic E-state index is 0. The van der Waals surface area contributed by atoms with E-state index in [1.165, 1.54) is 23.7 Å². The van der Waals surface area contributed by atoms with Crippen LogP contribution < -0.4 is 0 Å².